The van der Waals surface area contributed by atoms with Gasteiger partial charge in [0, 0.05) is 29.7 Å². The molecular formula is C13H23N3S. The Hall–Kier alpha value is -0.450. The molecule has 1 saturated heterocycles. The molecule has 1 aromatic heterocycles. The van der Waals surface area contributed by atoms with E-state index in [1.165, 1.54) is 29.3 Å². The van der Waals surface area contributed by atoms with Crippen molar-refractivity contribution in [3.8, 4) is 0 Å². The summed E-state index contributed by atoms with van der Waals surface area (Å²) in [6.45, 7) is 7.92. The lowest BCUT2D eigenvalue weighted by molar-refractivity contribution is 0.0973. The molecule has 96 valence electrons. The summed E-state index contributed by atoms with van der Waals surface area (Å²) in [7, 11) is 2.07. The molecule has 1 aliphatic rings. The first-order valence-corrected chi connectivity index (χ1v) is 7.28. The second-order valence-electron chi connectivity index (χ2n) is 5.08. The molecule has 0 radical (unpaired) electrons. The zero-order valence-electron chi connectivity index (χ0n) is 11.2. The van der Waals surface area contributed by atoms with Crippen molar-refractivity contribution in [2.24, 2.45) is 0 Å². The first-order chi connectivity index (χ1) is 8.11. The molecular weight excluding hydrogens is 230 g/mol. The zero-order chi connectivity index (χ0) is 12.4. The van der Waals surface area contributed by atoms with E-state index < -0.39 is 0 Å². The Balaban J connectivity index is 2.03. The molecule has 3 atom stereocenters. The van der Waals surface area contributed by atoms with Crippen molar-refractivity contribution in [2.75, 3.05) is 13.6 Å². The SMILES string of the molecule is CNC1CCN(C(C)c2ncc(C)s2)C(C)C1. The van der Waals surface area contributed by atoms with Crippen molar-refractivity contribution in [3.63, 3.8) is 0 Å². The summed E-state index contributed by atoms with van der Waals surface area (Å²) >= 11 is 1.83. The molecule has 3 unspecified atom stereocenters. The number of likely N-dealkylation sites (tertiary alicyclic amines) is 1. The van der Waals surface area contributed by atoms with E-state index >= 15 is 0 Å². The molecule has 2 heterocycles. The summed E-state index contributed by atoms with van der Waals surface area (Å²) in [6.07, 6.45) is 4.47. The molecule has 1 fully saturated rings. The molecule has 0 aromatic carbocycles. The largest absolute Gasteiger partial charge is 0.317 e. The Labute approximate surface area is 108 Å². The van der Waals surface area contributed by atoms with E-state index in [0.29, 0.717) is 18.1 Å². The predicted octanol–water partition coefficient (Wildman–Crippen LogP) is 2.58. The van der Waals surface area contributed by atoms with Gasteiger partial charge in [0.1, 0.15) is 5.01 Å². The van der Waals surface area contributed by atoms with Crippen LogP contribution in [0.25, 0.3) is 0 Å². The summed E-state index contributed by atoms with van der Waals surface area (Å²) < 4.78 is 0. The molecule has 1 N–H and O–H groups in total. The van der Waals surface area contributed by atoms with Crippen molar-refractivity contribution >= 4 is 11.3 Å². The minimum Gasteiger partial charge on any atom is -0.317 e. The third-order valence-corrected chi connectivity index (χ3v) is 4.91. The van der Waals surface area contributed by atoms with Crippen molar-refractivity contribution in [3.05, 3.63) is 16.1 Å². The number of hydrogen-bond donors (Lipinski definition) is 1. The Morgan fingerprint density at radius 1 is 1.59 bits per heavy atom. The summed E-state index contributed by atoms with van der Waals surface area (Å²) in [5, 5.41) is 4.66. The van der Waals surface area contributed by atoms with Crippen LogP contribution >= 0.6 is 11.3 Å². The molecule has 0 spiro atoms. The van der Waals surface area contributed by atoms with Gasteiger partial charge in [0.25, 0.3) is 0 Å². The van der Waals surface area contributed by atoms with Gasteiger partial charge in [-0.15, -0.1) is 11.3 Å². The summed E-state index contributed by atoms with van der Waals surface area (Å²) in [4.78, 5) is 8.42. The molecule has 1 aliphatic heterocycles. The van der Waals surface area contributed by atoms with Gasteiger partial charge in [0.15, 0.2) is 0 Å². The molecule has 0 amide bonds. The van der Waals surface area contributed by atoms with E-state index in [1.54, 1.807) is 0 Å². The standard InChI is InChI=1S/C13H23N3S/c1-9-7-12(14-4)5-6-16(9)11(3)13-15-8-10(2)17-13/h8-9,11-12,14H,5-7H2,1-4H3. The lowest BCUT2D eigenvalue weighted by Crippen LogP contribution is -2.47. The maximum absolute atomic E-state index is 4.53. The highest BCUT2D eigenvalue weighted by Gasteiger charge is 2.29. The maximum Gasteiger partial charge on any atom is 0.110 e. The number of nitrogens with one attached hydrogen (secondary N) is 1. The van der Waals surface area contributed by atoms with E-state index in [0.717, 1.165) is 0 Å². The third-order valence-electron chi connectivity index (χ3n) is 3.83. The minimum atomic E-state index is 0.460. The lowest BCUT2D eigenvalue weighted by atomic mass is 9.97. The number of hydrogen-bond acceptors (Lipinski definition) is 4. The normalized spacial score (nSPS) is 28.2. The fourth-order valence-corrected chi connectivity index (χ4v) is 3.58. The molecule has 17 heavy (non-hydrogen) atoms. The van der Waals surface area contributed by atoms with E-state index in [1.807, 2.05) is 17.5 Å². The second-order valence-corrected chi connectivity index (χ2v) is 6.35. The van der Waals surface area contributed by atoms with Gasteiger partial charge in [0.2, 0.25) is 0 Å². The molecule has 3 nitrogen and oxygen atoms in total. The summed E-state index contributed by atoms with van der Waals surface area (Å²) in [5.41, 5.74) is 0. The smallest absolute Gasteiger partial charge is 0.110 e. The number of piperidine rings is 1. The highest BCUT2D eigenvalue weighted by atomic mass is 32.1. The second kappa shape index (κ2) is 5.46. The van der Waals surface area contributed by atoms with E-state index in [4.69, 9.17) is 0 Å². The molecule has 1 aromatic rings. The van der Waals surface area contributed by atoms with Crippen LogP contribution in [0.1, 0.15) is 42.6 Å². The van der Waals surface area contributed by atoms with Crippen LogP contribution in [0.5, 0.6) is 0 Å². The van der Waals surface area contributed by atoms with Gasteiger partial charge in [-0.3, -0.25) is 4.90 Å². The van der Waals surface area contributed by atoms with Crippen LogP contribution in [-0.2, 0) is 0 Å². The van der Waals surface area contributed by atoms with Crippen molar-refractivity contribution in [1.29, 1.82) is 0 Å². The fraction of sp³-hybridized carbons (Fsp3) is 0.769. The third kappa shape index (κ3) is 2.87. The molecule has 0 aliphatic carbocycles. The quantitative estimate of drug-likeness (QED) is 0.897. The Kier molecular flexibility index (Phi) is 4.17. The predicted molar refractivity (Wildman–Crippen MR) is 73.5 cm³/mol. The summed E-state index contributed by atoms with van der Waals surface area (Å²) in [5.74, 6) is 0. The van der Waals surface area contributed by atoms with Gasteiger partial charge in [-0.25, -0.2) is 4.98 Å². The van der Waals surface area contributed by atoms with Gasteiger partial charge < -0.3 is 5.32 Å². The minimum absolute atomic E-state index is 0.460. The maximum atomic E-state index is 4.53. The van der Waals surface area contributed by atoms with E-state index in [9.17, 15) is 0 Å². The monoisotopic (exact) mass is 253 g/mol. The molecule has 0 bridgehead atoms. The highest BCUT2D eigenvalue weighted by molar-refractivity contribution is 7.11. The van der Waals surface area contributed by atoms with Gasteiger partial charge in [-0.1, -0.05) is 0 Å². The van der Waals surface area contributed by atoms with Gasteiger partial charge >= 0.3 is 0 Å². The van der Waals surface area contributed by atoms with Crippen molar-refractivity contribution < 1.29 is 0 Å². The van der Waals surface area contributed by atoms with Gasteiger partial charge in [0.05, 0.1) is 6.04 Å². The number of nitrogens with zero attached hydrogens (tertiary/aromatic N) is 2. The lowest BCUT2D eigenvalue weighted by Gasteiger charge is -2.40. The van der Waals surface area contributed by atoms with Crippen molar-refractivity contribution in [2.45, 2.75) is 51.7 Å². The van der Waals surface area contributed by atoms with Crippen LogP contribution in [0.2, 0.25) is 0 Å². The molecule has 0 saturated carbocycles. The Bertz CT molecular complexity index is 363. The van der Waals surface area contributed by atoms with E-state index in [-0.39, 0.29) is 0 Å². The number of aromatic nitrogens is 1. The van der Waals surface area contributed by atoms with Crippen LogP contribution in [0.3, 0.4) is 0 Å². The first kappa shape index (κ1) is 13.0. The topological polar surface area (TPSA) is 28.2 Å². The van der Waals surface area contributed by atoms with Crippen LogP contribution in [0.15, 0.2) is 6.20 Å². The Morgan fingerprint density at radius 2 is 2.35 bits per heavy atom. The molecule has 2 rings (SSSR count). The number of thiazole rings is 1. The molecule has 4 heteroatoms. The Morgan fingerprint density at radius 3 is 2.88 bits per heavy atom. The summed E-state index contributed by atoms with van der Waals surface area (Å²) in [6, 6.07) is 1.79. The zero-order valence-corrected chi connectivity index (χ0v) is 12.0. The van der Waals surface area contributed by atoms with Gasteiger partial charge in [-0.2, -0.15) is 0 Å². The highest BCUT2D eigenvalue weighted by Crippen LogP contribution is 2.30. The van der Waals surface area contributed by atoms with Crippen molar-refractivity contribution in [1.82, 2.24) is 15.2 Å². The van der Waals surface area contributed by atoms with Crippen LogP contribution in [0, 0.1) is 6.92 Å². The van der Waals surface area contributed by atoms with Crippen LogP contribution in [0.4, 0.5) is 0 Å². The van der Waals surface area contributed by atoms with Crippen LogP contribution < -0.4 is 5.32 Å². The fourth-order valence-electron chi connectivity index (χ4n) is 2.74. The van der Waals surface area contributed by atoms with Gasteiger partial charge in [-0.05, 0) is 40.7 Å². The van der Waals surface area contributed by atoms with E-state index in [2.05, 4.69) is 43.0 Å². The average molecular weight is 253 g/mol. The average Bonchev–Trinajstić information content (AvgIpc) is 2.75. The number of rotatable bonds is 3. The first-order valence-electron chi connectivity index (χ1n) is 6.47. The number of aryl methyl sites for hydroxylation is 1. The van der Waals surface area contributed by atoms with Crippen LogP contribution in [-0.4, -0.2) is 35.6 Å².